The number of carbonyl (C=O) groups excluding carboxylic acids is 1. The normalized spacial score (nSPS) is 31.5. The summed E-state index contributed by atoms with van der Waals surface area (Å²) in [4.78, 5) is 17.5. The molecule has 0 aromatic rings. The van der Waals surface area contributed by atoms with Crippen molar-refractivity contribution in [2.24, 2.45) is 5.92 Å². The van der Waals surface area contributed by atoms with Gasteiger partial charge in [-0.15, -0.1) is 0 Å². The molecule has 4 fully saturated rings. The van der Waals surface area contributed by atoms with Crippen molar-refractivity contribution in [1.29, 1.82) is 0 Å². The maximum absolute atomic E-state index is 12.6. The number of likely N-dealkylation sites (tertiary alicyclic amines) is 2. The third-order valence-electron chi connectivity index (χ3n) is 7.34. The lowest BCUT2D eigenvalue weighted by Gasteiger charge is -2.49. The molecule has 0 N–H and O–H groups in total. The summed E-state index contributed by atoms with van der Waals surface area (Å²) < 4.78 is 6.32. The first kappa shape index (κ1) is 17.8. The molecule has 4 rings (SSSR count). The fourth-order valence-corrected chi connectivity index (χ4v) is 5.70. The predicted octanol–water partition coefficient (Wildman–Crippen LogP) is 3.59. The number of amides is 1. The van der Waals surface area contributed by atoms with E-state index in [9.17, 15) is 4.79 Å². The van der Waals surface area contributed by atoms with Gasteiger partial charge in [0.25, 0.3) is 0 Å². The molecule has 1 amide bonds. The zero-order valence-electron chi connectivity index (χ0n) is 15.9. The molecule has 25 heavy (non-hydrogen) atoms. The van der Waals surface area contributed by atoms with E-state index in [1.807, 2.05) is 0 Å². The first-order valence-corrected chi connectivity index (χ1v) is 10.9. The van der Waals surface area contributed by atoms with Crippen molar-refractivity contribution in [3.8, 4) is 0 Å². The summed E-state index contributed by atoms with van der Waals surface area (Å²) >= 11 is 0. The van der Waals surface area contributed by atoms with Crippen molar-refractivity contribution >= 4 is 5.91 Å². The van der Waals surface area contributed by atoms with Gasteiger partial charge < -0.3 is 14.5 Å². The van der Waals surface area contributed by atoms with Crippen LogP contribution in [0.3, 0.4) is 0 Å². The molecule has 1 aliphatic carbocycles. The second-order valence-corrected chi connectivity index (χ2v) is 9.01. The van der Waals surface area contributed by atoms with E-state index in [1.165, 1.54) is 70.9 Å². The first-order valence-electron chi connectivity index (χ1n) is 10.9. The van der Waals surface area contributed by atoms with Crippen molar-refractivity contribution in [2.45, 2.75) is 88.7 Å². The molecular weight excluding hydrogens is 312 g/mol. The Kier molecular flexibility index (Phi) is 5.66. The zero-order valence-corrected chi connectivity index (χ0v) is 15.9. The van der Waals surface area contributed by atoms with E-state index in [-0.39, 0.29) is 5.60 Å². The van der Waals surface area contributed by atoms with Crippen molar-refractivity contribution in [3.63, 3.8) is 0 Å². The third-order valence-corrected chi connectivity index (χ3v) is 7.34. The molecule has 4 aliphatic rings. The van der Waals surface area contributed by atoms with Crippen LogP contribution < -0.4 is 0 Å². The van der Waals surface area contributed by atoms with Gasteiger partial charge in [-0.3, -0.25) is 4.79 Å². The lowest BCUT2D eigenvalue weighted by atomic mass is 9.81. The van der Waals surface area contributed by atoms with E-state index in [4.69, 9.17) is 4.74 Å². The van der Waals surface area contributed by atoms with Crippen LogP contribution in [0.1, 0.15) is 77.0 Å². The highest BCUT2D eigenvalue weighted by Crippen LogP contribution is 2.38. The summed E-state index contributed by atoms with van der Waals surface area (Å²) in [6.45, 7) is 5.31. The van der Waals surface area contributed by atoms with E-state index in [0.29, 0.717) is 11.8 Å². The Morgan fingerprint density at radius 2 is 1.64 bits per heavy atom. The van der Waals surface area contributed by atoms with Crippen LogP contribution in [0.4, 0.5) is 0 Å². The standard InChI is InChI=1S/C21H36N2O2/c24-20(16-18-6-2-3-7-18)23-13-9-21(10-14-23)17-19(8-15-25-21)22-11-4-1-5-12-22/h18-19H,1-17H2. The topological polar surface area (TPSA) is 32.8 Å². The lowest BCUT2D eigenvalue weighted by Crippen LogP contribution is -2.55. The van der Waals surface area contributed by atoms with Gasteiger partial charge in [-0.2, -0.15) is 0 Å². The molecule has 142 valence electrons. The van der Waals surface area contributed by atoms with Crippen LogP contribution in [0.15, 0.2) is 0 Å². The molecule has 1 unspecified atom stereocenters. The van der Waals surface area contributed by atoms with Crippen molar-refractivity contribution in [3.05, 3.63) is 0 Å². The van der Waals surface area contributed by atoms with Gasteiger partial charge in [-0.1, -0.05) is 19.3 Å². The van der Waals surface area contributed by atoms with Crippen molar-refractivity contribution in [1.82, 2.24) is 9.80 Å². The Morgan fingerprint density at radius 1 is 0.920 bits per heavy atom. The minimum absolute atomic E-state index is 0.0600. The van der Waals surface area contributed by atoms with Gasteiger partial charge in [0, 0.05) is 32.2 Å². The summed E-state index contributed by atoms with van der Waals surface area (Å²) in [5.74, 6) is 1.07. The molecule has 0 bridgehead atoms. The lowest BCUT2D eigenvalue weighted by molar-refractivity contribution is -0.150. The van der Waals surface area contributed by atoms with Gasteiger partial charge >= 0.3 is 0 Å². The van der Waals surface area contributed by atoms with Crippen molar-refractivity contribution in [2.75, 3.05) is 32.8 Å². The molecule has 0 radical (unpaired) electrons. The molecule has 3 heterocycles. The Balaban J connectivity index is 1.28. The molecular formula is C21H36N2O2. The number of hydrogen-bond acceptors (Lipinski definition) is 3. The van der Waals surface area contributed by atoms with E-state index < -0.39 is 0 Å². The number of nitrogens with zero attached hydrogens (tertiary/aromatic N) is 2. The van der Waals surface area contributed by atoms with Crippen LogP contribution in [-0.4, -0.2) is 60.1 Å². The largest absolute Gasteiger partial charge is 0.375 e. The van der Waals surface area contributed by atoms with Gasteiger partial charge in [-0.05, 0) is 70.4 Å². The highest BCUT2D eigenvalue weighted by molar-refractivity contribution is 5.76. The smallest absolute Gasteiger partial charge is 0.222 e. The Morgan fingerprint density at radius 3 is 2.36 bits per heavy atom. The summed E-state index contributed by atoms with van der Waals surface area (Å²) in [7, 11) is 0. The van der Waals surface area contributed by atoms with E-state index in [0.717, 1.165) is 45.0 Å². The van der Waals surface area contributed by atoms with Gasteiger partial charge in [0.2, 0.25) is 5.91 Å². The molecule has 0 aromatic heterocycles. The fourth-order valence-electron chi connectivity index (χ4n) is 5.70. The molecule has 3 saturated heterocycles. The van der Waals surface area contributed by atoms with E-state index in [2.05, 4.69) is 9.80 Å². The van der Waals surface area contributed by atoms with Gasteiger partial charge in [0.1, 0.15) is 0 Å². The highest BCUT2D eigenvalue weighted by atomic mass is 16.5. The SMILES string of the molecule is O=C(CC1CCCC1)N1CCC2(CC1)CC(N1CCCCC1)CCO2. The monoisotopic (exact) mass is 348 g/mol. The molecule has 4 nitrogen and oxygen atoms in total. The summed E-state index contributed by atoms with van der Waals surface area (Å²) in [5, 5.41) is 0. The molecule has 4 heteroatoms. The van der Waals surface area contributed by atoms with Crippen LogP contribution in [-0.2, 0) is 9.53 Å². The predicted molar refractivity (Wildman–Crippen MR) is 99.5 cm³/mol. The van der Waals surface area contributed by atoms with Crippen LogP contribution in [0.2, 0.25) is 0 Å². The summed E-state index contributed by atoms with van der Waals surface area (Å²) in [6.07, 6.45) is 14.6. The van der Waals surface area contributed by atoms with E-state index >= 15 is 0 Å². The van der Waals surface area contributed by atoms with Crippen molar-refractivity contribution < 1.29 is 9.53 Å². The number of hydrogen-bond donors (Lipinski definition) is 0. The molecule has 1 spiro atoms. The Labute approximate surface area is 153 Å². The van der Waals surface area contributed by atoms with Gasteiger partial charge in [-0.25, -0.2) is 0 Å². The maximum atomic E-state index is 12.6. The minimum Gasteiger partial charge on any atom is -0.375 e. The average Bonchev–Trinajstić information content (AvgIpc) is 3.16. The molecule has 0 aromatic carbocycles. The number of rotatable bonds is 3. The average molecular weight is 349 g/mol. The second kappa shape index (κ2) is 7.96. The fraction of sp³-hybridized carbons (Fsp3) is 0.952. The Bertz CT molecular complexity index is 447. The molecule has 1 saturated carbocycles. The number of piperidine rings is 2. The van der Waals surface area contributed by atoms with Crippen LogP contribution >= 0.6 is 0 Å². The summed E-state index contributed by atoms with van der Waals surface area (Å²) in [6, 6.07) is 0.717. The molecule has 3 aliphatic heterocycles. The van der Waals surface area contributed by atoms with Gasteiger partial charge in [0.15, 0.2) is 0 Å². The quantitative estimate of drug-likeness (QED) is 0.781. The maximum Gasteiger partial charge on any atom is 0.222 e. The summed E-state index contributed by atoms with van der Waals surface area (Å²) in [5.41, 5.74) is 0.0600. The van der Waals surface area contributed by atoms with Gasteiger partial charge in [0.05, 0.1) is 5.60 Å². The zero-order chi connectivity index (χ0) is 17.1. The third kappa shape index (κ3) is 4.21. The molecule has 1 atom stereocenters. The van der Waals surface area contributed by atoms with Crippen LogP contribution in [0.25, 0.3) is 0 Å². The first-order chi connectivity index (χ1) is 12.2. The Hall–Kier alpha value is -0.610. The number of carbonyl (C=O) groups is 1. The van der Waals surface area contributed by atoms with Crippen LogP contribution in [0, 0.1) is 5.92 Å². The van der Waals surface area contributed by atoms with E-state index in [1.54, 1.807) is 0 Å². The second-order valence-electron chi connectivity index (χ2n) is 9.01. The number of ether oxygens (including phenoxy) is 1. The minimum atomic E-state index is 0.0600. The highest BCUT2D eigenvalue weighted by Gasteiger charge is 2.42. The van der Waals surface area contributed by atoms with Crippen LogP contribution in [0.5, 0.6) is 0 Å².